The predicted octanol–water partition coefficient (Wildman–Crippen LogP) is 6.25. The molecule has 1 aliphatic carbocycles. The summed E-state index contributed by atoms with van der Waals surface area (Å²) in [5.41, 5.74) is 0.402. The van der Waals surface area contributed by atoms with E-state index in [1.54, 1.807) is 31.3 Å². The van der Waals surface area contributed by atoms with Gasteiger partial charge in [0.05, 0.1) is 12.3 Å². The molecule has 10 nitrogen and oxygen atoms in total. The summed E-state index contributed by atoms with van der Waals surface area (Å²) in [5.74, 6) is 1.47. The van der Waals surface area contributed by atoms with E-state index < -0.39 is 33.3 Å². The van der Waals surface area contributed by atoms with E-state index in [1.165, 1.54) is 6.42 Å². The summed E-state index contributed by atoms with van der Waals surface area (Å²) in [5, 5.41) is 6.13. The molecule has 1 saturated heterocycles. The number of halogens is 2. The number of sulfonamides is 1. The lowest BCUT2D eigenvalue weighted by Crippen LogP contribution is -2.65. The summed E-state index contributed by atoms with van der Waals surface area (Å²) in [6, 6.07) is 14.0. The third kappa shape index (κ3) is 11.2. The number of nitrogens with zero attached hydrogens (tertiary/aromatic N) is 1. The van der Waals surface area contributed by atoms with E-state index in [0.717, 1.165) is 43.9 Å². The van der Waals surface area contributed by atoms with Gasteiger partial charge in [0.15, 0.2) is 0 Å². The van der Waals surface area contributed by atoms with Gasteiger partial charge >= 0.3 is 6.09 Å². The molecule has 1 aliphatic heterocycles. The molecular weight excluding hydrogens is 639 g/mol. The van der Waals surface area contributed by atoms with Crippen LogP contribution in [0.3, 0.4) is 0 Å². The summed E-state index contributed by atoms with van der Waals surface area (Å²) in [7, 11) is -1.68. The van der Waals surface area contributed by atoms with Gasteiger partial charge in [0, 0.05) is 31.4 Å². The van der Waals surface area contributed by atoms with E-state index in [9.17, 15) is 18.0 Å². The number of anilines is 1. The number of likely N-dealkylation sites (tertiary alicyclic amines) is 1. The third-order valence-electron chi connectivity index (χ3n) is 8.23. The van der Waals surface area contributed by atoms with Crippen LogP contribution in [0.2, 0.25) is 0 Å². The maximum atomic E-state index is 13.3. The van der Waals surface area contributed by atoms with Gasteiger partial charge in [-0.15, -0.1) is 24.8 Å². The molecule has 2 aliphatic rings. The molecule has 2 unspecified atom stereocenters. The first kappa shape index (κ1) is 38.5. The van der Waals surface area contributed by atoms with Crippen LogP contribution in [0.25, 0.3) is 0 Å². The highest BCUT2D eigenvalue weighted by molar-refractivity contribution is 7.92. The topological polar surface area (TPSA) is 126 Å². The fourth-order valence-electron chi connectivity index (χ4n) is 6.28. The molecule has 1 heterocycles. The number of piperidine rings is 1. The van der Waals surface area contributed by atoms with E-state index in [0.29, 0.717) is 42.6 Å². The second-order valence-corrected chi connectivity index (χ2v) is 14.6. The Morgan fingerprint density at radius 3 is 2.07 bits per heavy atom. The van der Waals surface area contributed by atoms with Crippen molar-refractivity contribution in [1.82, 2.24) is 15.5 Å². The molecule has 0 spiro atoms. The van der Waals surface area contributed by atoms with Crippen molar-refractivity contribution in [3.05, 3.63) is 54.1 Å². The van der Waals surface area contributed by atoms with Gasteiger partial charge in [-0.2, -0.15) is 0 Å². The normalized spacial score (nSPS) is 21.0. The average Bonchev–Trinajstić information content (AvgIpc) is 2.94. The number of hydrogen-bond acceptors (Lipinski definition) is 7. The Kier molecular flexibility index (Phi) is 13.8. The molecule has 1 saturated carbocycles. The Bertz CT molecular complexity index is 1360. The quantitative estimate of drug-likeness (QED) is 0.285. The molecule has 2 fully saturated rings. The van der Waals surface area contributed by atoms with Crippen LogP contribution in [0, 0.1) is 5.92 Å². The smallest absolute Gasteiger partial charge is 0.408 e. The van der Waals surface area contributed by atoms with Gasteiger partial charge in [-0.05, 0) is 94.3 Å². The number of nitrogens with one attached hydrogen (secondary N) is 3. The molecule has 4 rings (SSSR count). The molecule has 45 heavy (non-hydrogen) atoms. The predicted molar refractivity (Wildman–Crippen MR) is 182 cm³/mol. The minimum Gasteiger partial charge on any atom is -0.457 e. The SMILES string of the molecule is CNC(=O)C1CC(NC(=O)OC(C)(C)C)(C2CCCCC2)CCN1Cc1ccc(Oc2ccc(NS(C)(=O)=O)cc2)cc1.Cl.Cl. The van der Waals surface area contributed by atoms with Crippen LogP contribution in [0.1, 0.15) is 71.3 Å². The van der Waals surface area contributed by atoms with E-state index in [-0.39, 0.29) is 30.7 Å². The maximum absolute atomic E-state index is 13.3. The lowest BCUT2D eigenvalue weighted by Gasteiger charge is -2.51. The second kappa shape index (κ2) is 16.2. The summed E-state index contributed by atoms with van der Waals surface area (Å²) in [6.07, 6.45) is 7.50. The molecule has 2 atom stereocenters. The molecule has 2 amide bonds. The van der Waals surface area contributed by atoms with Gasteiger partial charge in [-0.25, -0.2) is 13.2 Å². The van der Waals surface area contributed by atoms with Crippen LogP contribution < -0.4 is 20.1 Å². The second-order valence-electron chi connectivity index (χ2n) is 12.8. The summed E-state index contributed by atoms with van der Waals surface area (Å²) in [4.78, 5) is 28.5. The number of rotatable bonds is 9. The minimum atomic E-state index is -3.35. The first-order valence-electron chi connectivity index (χ1n) is 15.1. The lowest BCUT2D eigenvalue weighted by molar-refractivity contribution is -0.129. The molecule has 0 bridgehead atoms. The molecular formula is C32H48Cl2N4O6S. The number of carbonyl (C=O) groups excluding carboxylic acids is 2. The van der Waals surface area contributed by atoms with Gasteiger partial charge in [0.2, 0.25) is 15.9 Å². The monoisotopic (exact) mass is 686 g/mol. The molecule has 2 aromatic carbocycles. The first-order chi connectivity index (χ1) is 20.2. The summed E-state index contributed by atoms with van der Waals surface area (Å²) in [6.45, 7) is 6.83. The van der Waals surface area contributed by atoms with Gasteiger partial charge in [0.1, 0.15) is 17.1 Å². The first-order valence-corrected chi connectivity index (χ1v) is 17.0. The molecule has 0 aromatic heterocycles. The Hall–Kier alpha value is -2.73. The number of benzene rings is 2. The van der Waals surface area contributed by atoms with Crippen LogP contribution in [0.4, 0.5) is 10.5 Å². The van der Waals surface area contributed by atoms with Gasteiger partial charge in [-0.1, -0.05) is 31.4 Å². The van der Waals surface area contributed by atoms with E-state index in [2.05, 4.69) is 20.3 Å². The largest absolute Gasteiger partial charge is 0.457 e. The number of alkyl carbamates (subject to hydrolysis) is 1. The highest BCUT2D eigenvalue weighted by Crippen LogP contribution is 2.41. The van der Waals surface area contributed by atoms with Crippen molar-refractivity contribution in [2.45, 2.75) is 89.4 Å². The highest BCUT2D eigenvalue weighted by atomic mass is 35.5. The molecule has 0 radical (unpaired) electrons. The Morgan fingerprint density at radius 1 is 0.956 bits per heavy atom. The number of likely N-dealkylation sites (N-methyl/N-ethyl adjacent to an activating group) is 1. The van der Waals surface area contributed by atoms with Gasteiger partial charge in [0.25, 0.3) is 0 Å². The van der Waals surface area contributed by atoms with Crippen LogP contribution in [-0.4, -0.2) is 62.3 Å². The van der Waals surface area contributed by atoms with Crippen molar-refractivity contribution in [1.29, 1.82) is 0 Å². The molecule has 2 aromatic rings. The summed E-state index contributed by atoms with van der Waals surface area (Å²) < 4.78 is 36.9. The molecule has 3 N–H and O–H groups in total. The molecule has 252 valence electrons. The van der Waals surface area contributed by atoms with Crippen molar-refractivity contribution in [2.75, 3.05) is 24.6 Å². The van der Waals surface area contributed by atoms with Crippen LogP contribution in [-0.2, 0) is 26.1 Å². The van der Waals surface area contributed by atoms with E-state index >= 15 is 0 Å². The lowest BCUT2D eigenvalue weighted by atomic mass is 9.68. The minimum absolute atomic E-state index is 0. The number of amides is 2. The number of hydrogen-bond donors (Lipinski definition) is 3. The van der Waals surface area contributed by atoms with Gasteiger partial charge in [-0.3, -0.25) is 14.4 Å². The Labute approximate surface area is 280 Å². The standard InChI is InChI=1S/C32H46N4O6S.2ClH/c1-31(2,3)42-30(38)34-32(24-9-7-6-8-10-24)19-20-36(28(21-32)29(37)33-4)22-23-11-15-26(16-12-23)41-27-17-13-25(14-18-27)35-43(5,39)40;;/h11-18,24,28,35H,6-10,19-22H2,1-5H3,(H,33,37)(H,34,38);2*1H. The zero-order valence-corrected chi connectivity index (χ0v) is 29.2. The van der Waals surface area contributed by atoms with Crippen molar-refractivity contribution >= 4 is 52.5 Å². The van der Waals surface area contributed by atoms with Crippen LogP contribution in [0.5, 0.6) is 11.5 Å². The van der Waals surface area contributed by atoms with E-state index in [1.807, 2.05) is 45.0 Å². The van der Waals surface area contributed by atoms with Crippen molar-refractivity contribution in [2.24, 2.45) is 5.92 Å². The average molecular weight is 688 g/mol. The fourth-order valence-corrected chi connectivity index (χ4v) is 6.84. The fraction of sp³-hybridized carbons (Fsp3) is 0.562. The number of carbonyl (C=O) groups is 2. The van der Waals surface area contributed by atoms with Crippen LogP contribution in [0.15, 0.2) is 48.5 Å². The molecule has 13 heteroatoms. The third-order valence-corrected chi connectivity index (χ3v) is 8.84. The van der Waals surface area contributed by atoms with E-state index in [4.69, 9.17) is 9.47 Å². The van der Waals surface area contributed by atoms with Crippen molar-refractivity contribution in [3.8, 4) is 11.5 Å². The maximum Gasteiger partial charge on any atom is 0.408 e. The Balaban J connectivity index is 0.00000353. The van der Waals surface area contributed by atoms with Crippen molar-refractivity contribution in [3.63, 3.8) is 0 Å². The zero-order valence-electron chi connectivity index (χ0n) is 26.8. The zero-order chi connectivity index (χ0) is 31.3. The highest BCUT2D eigenvalue weighted by Gasteiger charge is 2.48. The van der Waals surface area contributed by atoms with Gasteiger partial charge < -0.3 is 20.1 Å². The number of ether oxygens (including phenoxy) is 2. The van der Waals surface area contributed by atoms with Crippen LogP contribution >= 0.6 is 24.8 Å². The Morgan fingerprint density at radius 2 is 1.53 bits per heavy atom. The summed E-state index contributed by atoms with van der Waals surface area (Å²) >= 11 is 0. The van der Waals surface area contributed by atoms with Crippen molar-refractivity contribution < 1.29 is 27.5 Å².